The summed E-state index contributed by atoms with van der Waals surface area (Å²) >= 11 is 5.81. The van der Waals surface area contributed by atoms with Crippen molar-refractivity contribution in [3.63, 3.8) is 0 Å². The number of benzene rings is 1. The molecule has 0 radical (unpaired) electrons. The summed E-state index contributed by atoms with van der Waals surface area (Å²) in [4.78, 5) is 16.5. The average Bonchev–Trinajstić information content (AvgIpc) is 3.14. The highest BCUT2D eigenvalue weighted by Crippen LogP contribution is 2.20. The Hall–Kier alpha value is -1.55. The second-order valence-corrected chi connectivity index (χ2v) is 5.26. The Kier molecular flexibility index (Phi) is 3.42. The lowest BCUT2D eigenvalue weighted by atomic mass is 10.3. The zero-order chi connectivity index (χ0) is 13.2. The Bertz CT molecular complexity index is 604. The van der Waals surface area contributed by atoms with Crippen molar-refractivity contribution in [3.05, 3.63) is 30.1 Å². The minimum atomic E-state index is 0.0569. The second kappa shape index (κ2) is 5.21. The van der Waals surface area contributed by atoms with Crippen LogP contribution in [0.4, 0.5) is 0 Å². The first-order valence-electron chi connectivity index (χ1n) is 6.57. The van der Waals surface area contributed by atoms with E-state index in [0.717, 1.165) is 29.7 Å². The summed E-state index contributed by atoms with van der Waals surface area (Å²) in [5.74, 6) is 1.44. The van der Waals surface area contributed by atoms with E-state index < -0.39 is 0 Å². The second-order valence-electron chi connectivity index (χ2n) is 4.88. The minimum absolute atomic E-state index is 0.0569. The van der Waals surface area contributed by atoms with Crippen molar-refractivity contribution in [2.75, 3.05) is 5.88 Å². The molecule has 4 nitrogen and oxygen atoms in total. The number of aromatic nitrogens is 2. The predicted molar refractivity (Wildman–Crippen MR) is 75.3 cm³/mol. The Balaban J connectivity index is 1.89. The first kappa shape index (κ1) is 12.5. The third kappa shape index (κ3) is 2.73. The molecule has 1 aromatic carbocycles. The van der Waals surface area contributed by atoms with Gasteiger partial charge < -0.3 is 9.88 Å². The van der Waals surface area contributed by atoms with Crippen molar-refractivity contribution < 1.29 is 4.79 Å². The van der Waals surface area contributed by atoms with Crippen molar-refractivity contribution >= 4 is 28.5 Å². The van der Waals surface area contributed by atoms with E-state index >= 15 is 0 Å². The number of rotatable bonds is 5. The molecular weight excluding hydrogens is 262 g/mol. The molecule has 0 atom stereocenters. The number of alkyl halides is 1. The molecule has 19 heavy (non-hydrogen) atoms. The summed E-state index contributed by atoms with van der Waals surface area (Å²) in [6, 6.07) is 8.25. The highest BCUT2D eigenvalue weighted by Gasteiger charge is 2.23. The van der Waals surface area contributed by atoms with Gasteiger partial charge in [-0.1, -0.05) is 12.1 Å². The van der Waals surface area contributed by atoms with E-state index in [2.05, 4.69) is 10.3 Å². The van der Waals surface area contributed by atoms with Crippen LogP contribution >= 0.6 is 11.6 Å². The Morgan fingerprint density at radius 1 is 1.42 bits per heavy atom. The van der Waals surface area contributed by atoms with Crippen molar-refractivity contribution in [2.24, 2.45) is 0 Å². The highest BCUT2D eigenvalue weighted by molar-refractivity contribution is 6.17. The van der Waals surface area contributed by atoms with Crippen LogP contribution < -0.4 is 5.32 Å². The van der Waals surface area contributed by atoms with Gasteiger partial charge in [-0.2, -0.15) is 0 Å². The smallest absolute Gasteiger partial charge is 0.240 e. The van der Waals surface area contributed by atoms with Crippen molar-refractivity contribution in [2.45, 2.75) is 31.8 Å². The van der Waals surface area contributed by atoms with Gasteiger partial charge in [-0.3, -0.25) is 4.79 Å². The topological polar surface area (TPSA) is 46.9 Å². The zero-order valence-corrected chi connectivity index (χ0v) is 11.4. The predicted octanol–water partition coefficient (Wildman–Crippen LogP) is 2.10. The fraction of sp³-hybridized carbons (Fsp3) is 0.429. The van der Waals surface area contributed by atoms with E-state index in [1.807, 2.05) is 28.8 Å². The average molecular weight is 278 g/mol. The van der Waals surface area contributed by atoms with Crippen LogP contribution in [0.1, 0.15) is 18.7 Å². The van der Waals surface area contributed by atoms with Gasteiger partial charge in [-0.25, -0.2) is 4.98 Å². The number of imidazole rings is 1. The molecule has 2 aromatic rings. The number of halogens is 1. The van der Waals surface area contributed by atoms with E-state index in [1.165, 1.54) is 0 Å². The minimum Gasteiger partial charge on any atom is -0.352 e. The lowest BCUT2D eigenvalue weighted by Crippen LogP contribution is -2.29. The van der Waals surface area contributed by atoms with E-state index in [4.69, 9.17) is 11.6 Å². The van der Waals surface area contributed by atoms with Gasteiger partial charge in [0.1, 0.15) is 12.4 Å². The first-order chi connectivity index (χ1) is 9.28. The lowest BCUT2D eigenvalue weighted by Gasteiger charge is -2.08. The fourth-order valence-electron chi connectivity index (χ4n) is 2.22. The molecule has 3 rings (SSSR count). The number of nitrogens with one attached hydrogen (secondary N) is 1. The van der Waals surface area contributed by atoms with Gasteiger partial charge in [0.05, 0.1) is 11.0 Å². The number of para-hydroxylation sites is 2. The van der Waals surface area contributed by atoms with Crippen LogP contribution in [0.5, 0.6) is 0 Å². The van der Waals surface area contributed by atoms with Gasteiger partial charge in [-0.05, 0) is 25.0 Å². The van der Waals surface area contributed by atoms with Crippen LogP contribution in [-0.4, -0.2) is 27.4 Å². The molecule has 5 heteroatoms. The highest BCUT2D eigenvalue weighted by atomic mass is 35.5. The SMILES string of the molecule is O=C(Cn1c(CCCl)nc2ccccc21)NC1CC1. The third-order valence-electron chi connectivity index (χ3n) is 3.30. The summed E-state index contributed by atoms with van der Waals surface area (Å²) in [5, 5.41) is 3.01. The fourth-order valence-corrected chi connectivity index (χ4v) is 2.39. The number of carbonyl (C=O) groups is 1. The van der Waals surface area contributed by atoms with Crippen molar-refractivity contribution in [3.8, 4) is 0 Å². The number of nitrogens with zero attached hydrogens (tertiary/aromatic N) is 2. The van der Waals surface area contributed by atoms with Gasteiger partial charge >= 0.3 is 0 Å². The maximum Gasteiger partial charge on any atom is 0.240 e. The molecule has 1 fully saturated rings. The van der Waals surface area contributed by atoms with E-state index in [9.17, 15) is 4.79 Å². The quantitative estimate of drug-likeness (QED) is 0.851. The van der Waals surface area contributed by atoms with Gasteiger partial charge in [0.15, 0.2) is 0 Å². The largest absolute Gasteiger partial charge is 0.352 e. The molecule has 1 heterocycles. The Morgan fingerprint density at radius 2 is 2.21 bits per heavy atom. The molecule has 1 amide bonds. The number of hydrogen-bond acceptors (Lipinski definition) is 2. The van der Waals surface area contributed by atoms with Crippen LogP contribution in [0, 0.1) is 0 Å². The maximum atomic E-state index is 12.0. The van der Waals surface area contributed by atoms with Crippen LogP contribution in [0.3, 0.4) is 0 Å². The number of carbonyl (C=O) groups excluding carboxylic acids is 1. The number of aryl methyl sites for hydroxylation is 1. The molecule has 0 spiro atoms. The molecule has 0 bridgehead atoms. The third-order valence-corrected chi connectivity index (χ3v) is 3.48. The summed E-state index contributed by atoms with van der Waals surface area (Å²) in [7, 11) is 0. The molecule has 1 aliphatic carbocycles. The standard InChI is InChI=1S/C14H16ClN3O/c15-8-7-13-17-11-3-1-2-4-12(11)18(13)9-14(19)16-10-5-6-10/h1-4,10H,5-9H2,(H,16,19). The molecule has 1 saturated carbocycles. The molecule has 1 N–H and O–H groups in total. The van der Waals surface area contributed by atoms with E-state index in [0.29, 0.717) is 24.9 Å². The van der Waals surface area contributed by atoms with Gasteiger partial charge in [0, 0.05) is 18.3 Å². The molecule has 100 valence electrons. The number of hydrogen-bond donors (Lipinski definition) is 1. The Morgan fingerprint density at radius 3 is 2.95 bits per heavy atom. The number of fused-ring (bicyclic) bond motifs is 1. The van der Waals surface area contributed by atoms with Crippen molar-refractivity contribution in [1.82, 2.24) is 14.9 Å². The van der Waals surface area contributed by atoms with E-state index in [-0.39, 0.29) is 5.91 Å². The summed E-state index contributed by atoms with van der Waals surface area (Å²) in [5.41, 5.74) is 1.91. The maximum absolute atomic E-state index is 12.0. The zero-order valence-electron chi connectivity index (χ0n) is 10.6. The van der Waals surface area contributed by atoms with E-state index in [1.54, 1.807) is 0 Å². The lowest BCUT2D eigenvalue weighted by molar-refractivity contribution is -0.121. The summed E-state index contributed by atoms with van der Waals surface area (Å²) < 4.78 is 1.97. The molecule has 0 unspecified atom stereocenters. The Labute approximate surface area is 116 Å². The van der Waals surface area contributed by atoms with Crippen LogP contribution in [0.15, 0.2) is 24.3 Å². The normalized spacial score (nSPS) is 14.8. The van der Waals surface area contributed by atoms with Crippen LogP contribution in [-0.2, 0) is 17.8 Å². The van der Waals surface area contributed by atoms with Gasteiger partial charge in [0.2, 0.25) is 5.91 Å². The van der Waals surface area contributed by atoms with Crippen LogP contribution in [0.25, 0.3) is 11.0 Å². The van der Waals surface area contributed by atoms with Crippen molar-refractivity contribution in [1.29, 1.82) is 0 Å². The molecular formula is C14H16ClN3O. The van der Waals surface area contributed by atoms with Gasteiger partial charge in [-0.15, -0.1) is 11.6 Å². The molecule has 1 aromatic heterocycles. The summed E-state index contributed by atoms with van der Waals surface area (Å²) in [6.07, 6.45) is 2.88. The van der Waals surface area contributed by atoms with Gasteiger partial charge in [0.25, 0.3) is 0 Å². The molecule has 0 aliphatic heterocycles. The van der Waals surface area contributed by atoms with Crippen LogP contribution in [0.2, 0.25) is 0 Å². The monoisotopic (exact) mass is 277 g/mol. The summed E-state index contributed by atoms with van der Waals surface area (Å²) in [6.45, 7) is 0.323. The number of amides is 1. The molecule has 1 aliphatic rings. The molecule has 0 saturated heterocycles. The first-order valence-corrected chi connectivity index (χ1v) is 7.11.